The van der Waals surface area contributed by atoms with E-state index in [4.69, 9.17) is 0 Å². The summed E-state index contributed by atoms with van der Waals surface area (Å²) in [5.74, 6) is 0.409. The van der Waals surface area contributed by atoms with Crippen LogP contribution in [0.3, 0.4) is 0 Å². The van der Waals surface area contributed by atoms with E-state index in [1.807, 2.05) is 19.1 Å². The number of benzene rings is 1. The molecule has 3 nitrogen and oxygen atoms in total. The molecule has 2 atom stereocenters. The number of carbonyl (C=O) groups is 1. The van der Waals surface area contributed by atoms with E-state index in [0.29, 0.717) is 23.4 Å². The van der Waals surface area contributed by atoms with Crippen molar-refractivity contribution >= 4 is 11.7 Å². The van der Waals surface area contributed by atoms with Gasteiger partial charge >= 0.3 is 5.97 Å². The Morgan fingerprint density at radius 3 is 2.65 bits per heavy atom. The van der Waals surface area contributed by atoms with E-state index < -0.39 is 5.97 Å². The molecule has 0 aliphatic heterocycles. The average Bonchev–Trinajstić information content (AvgIpc) is 2.41. The maximum absolute atomic E-state index is 11.4. The number of nitrogens with one attached hydrogen (secondary N) is 1. The van der Waals surface area contributed by atoms with Crippen LogP contribution in [0, 0.1) is 18.8 Å². The second-order valence-corrected chi connectivity index (χ2v) is 6.30. The largest absolute Gasteiger partial charge is 0.478 e. The van der Waals surface area contributed by atoms with Crippen LogP contribution in [-0.2, 0) is 0 Å². The van der Waals surface area contributed by atoms with Gasteiger partial charge in [-0.2, -0.15) is 0 Å². The summed E-state index contributed by atoms with van der Waals surface area (Å²) in [6.45, 7) is 6.45. The summed E-state index contributed by atoms with van der Waals surface area (Å²) in [5, 5.41) is 12.9. The lowest BCUT2D eigenvalue weighted by atomic mass is 9.77. The lowest BCUT2D eigenvalue weighted by molar-refractivity contribution is 0.0697. The molecule has 2 rings (SSSR count). The highest BCUT2D eigenvalue weighted by atomic mass is 16.4. The number of aryl methyl sites for hydroxylation is 1. The zero-order chi connectivity index (χ0) is 14.7. The minimum Gasteiger partial charge on any atom is -0.478 e. The van der Waals surface area contributed by atoms with Crippen molar-refractivity contribution in [3.63, 3.8) is 0 Å². The first-order valence-electron chi connectivity index (χ1n) is 7.59. The van der Waals surface area contributed by atoms with Gasteiger partial charge in [-0.15, -0.1) is 0 Å². The van der Waals surface area contributed by atoms with E-state index in [-0.39, 0.29) is 0 Å². The zero-order valence-corrected chi connectivity index (χ0v) is 12.6. The predicted molar refractivity (Wildman–Crippen MR) is 82.3 cm³/mol. The molecule has 0 bridgehead atoms. The van der Waals surface area contributed by atoms with Crippen molar-refractivity contribution in [1.29, 1.82) is 0 Å². The van der Waals surface area contributed by atoms with E-state index in [1.165, 1.54) is 19.3 Å². The molecular weight excluding hydrogens is 250 g/mol. The van der Waals surface area contributed by atoms with Gasteiger partial charge in [-0.25, -0.2) is 4.79 Å². The molecule has 1 aliphatic carbocycles. The minimum absolute atomic E-state index is 0.387. The van der Waals surface area contributed by atoms with E-state index in [1.54, 1.807) is 6.07 Å². The van der Waals surface area contributed by atoms with Crippen LogP contribution in [-0.4, -0.2) is 17.1 Å². The fourth-order valence-electron chi connectivity index (χ4n) is 3.30. The molecule has 1 aromatic carbocycles. The maximum atomic E-state index is 11.4. The van der Waals surface area contributed by atoms with Crippen molar-refractivity contribution in [1.82, 2.24) is 0 Å². The second-order valence-electron chi connectivity index (χ2n) is 6.30. The van der Waals surface area contributed by atoms with Crippen LogP contribution in [0.5, 0.6) is 0 Å². The first kappa shape index (κ1) is 14.9. The van der Waals surface area contributed by atoms with Crippen molar-refractivity contribution in [2.75, 3.05) is 5.32 Å². The molecule has 0 saturated heterocycles. The van der Waals surface area contributed by atoms with Gasteiger partial charge in [-0.1, -0.05) is 38.3 Å². The van der Waals surface area contributed by atoms with Gasteiger partial charge in [0.25, 0.3) is 0 Å². The van der Waals surface area contributed by atoms with Gasteiger partial charge in [-0.3, -0.25) is 0 Å². The lowest BCUT2D eigenvalue weighted by Crippen LogP contribution is -2.35. The Bertz CT molecular complexity index is 482. The lowest BCUT2D eigenvalue weighted by Gasteiger charge is -2.35. The maximum Gasteiger partial charge on any atom is 0.337 e. The quantitative estimate of drug-likeness (QED) is 0.860. The van der Waals surface area contributed by atoms with E-state index >= 15 is 0 Å². The topological polar surface area (TPSA) is 49.3 Å². The van der Waals surface area contributed by atoms with E-state index in [9.17, 15) is 9.90 Å². The number of aromatic carboxylic acids is 1. The van der Waals surface area contributed by atoms with Gasteiger partial charge in [0.15, 0.2) is 0 Å². The molecule has 1 aliphatic rings. The number of hydrogen-bond acceptors (Lipinski definition) is 2. The van der Waals surface area contributed by atoms with Crippen LogP contribution in [0.15, 0.2) is 18.2 Å². The standard InChI is InChI=1S/C17H25NO2/c1-11(2)13-6-4-5-7-15(13)18-16-9-8-12(3)10-14(16)17(19)20/h8-11,13,15,18H,4-7H2,1-3H3,(H,19,20). The Labute approximate surface area is 121 Å². The molecule has 20 heavy (non-hydrogen) atoms. The van der Waals surface area contributed by atoms with Gasteiger partial charge in [0.1, 0.15) is 0 Å². The van der Waals surface area contributed by atoms with Gasteiger partial charge in [0.05, 0.1) is 5.56 Å². The first-order chi connectivity index (χ1) is 9.49. The summed E-state index contributed by atoms with van der Waals surface area (Å²) in [4.78, 5) is 11.4. The van der Waals surface area contributed by atoms with Gasteiger partial charge in [0, 0.05) is 11.7 Å². The molecule has 110 valence electrons. The van der Waals surface area contributed by atoms with Crippen LogP contribution < -0.4 is 5.32 Å². The molecule has 0 amide bonds. The Balaban J connectivity index is 2.22. The SMILES string of the molecule is Cc1ccc(NC2CCCCC2C(C)C)c(C(=O)O)c1. The predicted octanol–water partition coefficient (Wildman–Crippen LogP) is 4.32. The van der Waals surface area contributed by atoms with Crippen LogP contribution in [0.25, 0.3) is 0 Å². The van der Waals surface area contributed by atoms with Crippen molar-refractivity contribution in [3.8, 4) is 0 Å². The van der Waals surface area contributed by atoms with E-state index in [2.05, 4.69) is 19.2 Å². The van der Waals surface area contributed by atoms with Gasteiger partial charge in [0.2, 0.25) is 0 Å². The Kier molecular flexibility index (Phi) is 4.69. The summed E-state index contributed by atoms with van der Waals surface area (Å²) in [7, 11) is 0. The van der Waals surface area contributed by atoms with Gasteiger partial charge in [-0.05, 0) is 43.7 Å². The van der Waals surface area contributed by atoms with E-state index in [0.717, 1.165) is 17.7 Å². The van der Waals surface area contributed by atoms with Gasteiger partial charge < -0.3 is 10.4 Å². The molecule has 1 aromatic rings. The van der Waals surface area contributed by atoms with Crippen LogP contribution in [0.1, 0.15) is 55.5 Å². The fraction of sp³-hybridized carbons (Fsp3) is 0.588. The molecule has 0 spiro atoms. The molecule has 3 heteroatoms. The highest BCUT2D eigenvalue weighted by Gasteiger charge is 2.28. The summed E-state index contributed by atoms with van der Waals surface area (Å²) >= 11 is 0. The molecular formula is C17H25NO2. The van der Waals surface area contributed by atoms with Crippen molar-refractivity contribution < 1.29 is 9.90 Å². The molecule has 2 unspecified atom stereocenters. The number of carboxylic acids is 1. The molecule has 0 heterocycles. The van der Waals surface area contributed by atoms with Crippen LogP contribution in [0.4, 0.5) is 5.69 Å². The average molecular weight is 275 g/mol. The molecule has 2 N–H and O–H groups in total. The number of hydrogen-bond donors (Lipinski definition) is 2. The Morgan fingerprint density at radius 1 is 1.30 bits per heavy atom. The summed E-state index contributed by atoms with van der Waals surface area (Å²) in [6, 6.07) is 6.02. The molecule has 0 radical (unpaired) electrons. The van der Waals surface area contributed by atoms with Crippen LogP contribution in [0.2, 0.25) is 0 Å². The third kappa shape index (κ3) is 3.33. The summed E-state index contributed by atoms with van der Waals surface area (Å²) in [6.07, 6.45) is 4.90. The monoisotopic (exact) mass is 275 g/mol. The molecule has 1 fully saturated rings. The molecule has 1 saturated carbocycles. The third-order valence-electron chi connectivity index (χ3n) is 4.42. The highest BCUT2D eigenvalue weighted by Crippen LogP contribution is 2.33. The van der Waals surface area contributed by atoms with Crippen molar-refractivity contribution in [2.24, 2.45) is 11.8 Å². The third-order valence-corrected chi connectivity index (χ3v) is 4.42. The molecule has 0 aromatic heterocycles. The first-order valence-corrected chi connectivity index (χ1v) is 7.59. The number of rotatable bonds is 4. The number of anilines is 1. The second kappa shape index (κ2) is 6.29. The minimum atomic E-state index is -0.854. The highest BCUT2D eigenvalue weighted by molar-refractivity contribution is 5.94. The zero-order valence-electron chi connectivity index (χ0n) is 12.6. The normalized spacial score (nSPS) is 22.8. The van der Waals surface area contributed by atoms with Crippen molar-refractivity contribution in [3.05, 3.63) is 29.3 Å². The fourth-order valence-corrected chi connectivity index (χ4v) is 3.30. The summed E-state index contributed by atoms with van der Waals surface area (Å²) in [5.41, 5.74) is 2.13. The van der Waals surface area contributed by atoms with Crippen LogP contribution >= 0.6 is 0 Å². The Hall–Kier alpha value is -1.51. The smallest absolute Gasteiger partial charge is 0.337 e. The number of carboxylic acid groups (broad SMARTS) is 1. The Morgan fingerprint density at radius 2 is 2.00 bits per heavy atom. The van der Waals surface area contributed by atoms with Crippen molar-refractivity contribution in [2.45, 2.75) is 52.5 Å². The summed E-state index contributed by atoms with van der Waals surface area (Å²) < 4.78 is 0.